The molecule has 0 saturated carbocycles. The molecule has 1 aliphatic heterocycles. The molecule has 0 bridgehead atoms. The predicted molar refractivity (Wildman–Crippen MR) is 72.2 cm³/mol. The van der Waals surface area contributed by atoms with Crippen LogP contribution >= 0.6 is 0 Å². The molecule has 1 aliphatic rings. The van der Waals surface area contributed by atoms with Gasteiger partial charge >= 0.3 is 5.97 Å². The van der Waals surface area contributed by atoms with Gasteiger partial charge in [-0.2, -0.15) is 0 Å². The number of ether oxygens (including phenoxy) is 2. The summed E-state index contributed by atoms with van der Waals surface area (Å²) in [5, 5.41) is 20.1. The van der Waals surface area contributed by atoms with Crippen molar-refractivity contribution < 1.29 is 29.3 Å². The Bertz CT molecular complexity index is 532. The standard InChI is InChI=1S/C14H17NO6/c1-8-12(13(17)15-9(6-7-16)14(18)19)21-11-5-3-2-4-10(11)20-8/h2-5,8-9,12,16H,6-7H2,1H3,(H,15,17)(H,18,19)/t8?,9-,12?/m1/s1. The number of aliphatic hydroxyl groups is 1. The maximum Gasteiger partial charge on any atom is 0.326 e. The van der Waals surface area contributed by atoms with E-state index in [2.05, 4.69) is 5.32 Å². The molecule has 3 atom stereocenters. The van der Waals surface area contributed by atoms with E-state index in [4.69, 9.17) is 19.7 Å². The fraction of sp³-hybridized carbons (Fsp3) is 0.429. The van der Waals surface area contributed by atoms with E-state index in [-0.39, 0.29) is 13.0 Å². The highest BCUT2D eigenvalue weighted by Gasteiger charge is 2.35. The van der Waals surface area contributed by atoms with E-state index < -0.39 is 30.1 Å². The Balaban J connectivity index is 2.07. The number of carboxylic acids is 1. The van der Waals surface area contributed by atoms with E-state index in [0.29, 0.717) is 11.5 Å². The minimum atomic E-state index is -1.21. The zero-order chi connectivity index (χ0) is 15.4. The lowest BCUT2D eigenvalue weighted by atomic mass is 10.1. The van der Waals surface area contributed by atoms with Crippen LogP contribution in [0, 0.1) is 0 Å². The van der Waals surface area contributed by atoms with Crippen molar-refractivity contribution in [3.05, 3.63) is 24.3 Å². The molecule has 0 radical (unpaired) electrons. The first-order chi connectivity index (χ1) is 10.0. The summed E-state index contributed by atoms with van der Waals surface area (Å²) in [5.41, 5.74) is 0. The smallest absolute Gasteiger partial charge is 0.326 e. The van der Waals surface area contributed by atoms with Crippen molar-refractivity contribution in [2.45, 2.75) is 31.6 Å². The molecular weight excluding hydrogens is 278 g/mol. The number of carboxylic acid groups (broad SMARTS) is 1. The second-order valence-electron chi connectivity index (χ2n) is 4.72. The van der Waals surface area contributed by atoms with E-state index >= 15 is 0 Å². The average Bonchev–Trinajstić information content (AvgIpc) is 2.45. The first-order valence-corrected chi connectivity index (χ1v) is 6.59. The first kappa shape index (κ1) is 15.1. The molecule has 21 heavy (non-hydrogen) atoms. The number of hydrogen-bond acceptors (Lipinski definition) is 5. The van der Waals surface area contributed by atoms with Crippen molar-refractivity contribution in [1.82, 2.24) is 5.32 Å². The minimum absolute atomic E-state index is 0.0698. The van der Waals surface area contributed by atoms with Crippen molar-refractivity contribution >= 4 is 11.9 Å². The molecule has 0 spiro atoms. The Morgan fingerprint density at radius 2 is 1.90 bits per heavy atom. The largest absolute Gasteiger partial charge is 0.482 e. The number of hydrogen-bond donors (Lipinski definition) is 3. The maximum atomic E-state index is 12.1. The Kier molecular flexibility index (Phi) is 4.64. The molecule has 0 aromatic heterocycles. The molecule has 0 saturated heterocycles. The van der Waals surface area contributed by atoms with E-state index in [1.165, 1.54) is 0 Å². The highest BCUT2D eigenvalue weighted by molar-refractivity contribution is 5.87. The Labute approximate surface area is 121 Å². The summed E-state index contributed by atoms with van der Waals surface area (Å²) in [4.78, 5) is 23.1. The number of nitrogens with one attached hydrogen (secondary N) is 1. The molecule has 2 unspecified atom stereocenters. The number of aliphatic hydroxyl groups excluding tert-OH is 1. The van der Waals surface area contributed by atoms with Crippen LogP contribution in [-0.4, -0.2) is 46.9 Å². The van der Waals surface area contributed by atoms with Gasteiger partial charge in [-0.3, -0.25) is 4.79 Å². The van der Waals surface area contributed by atoms with Crippen LogP contribution in [-0.2, 0) is 9.59 Å². The van der Waals surface area contributed by atoms with Crippen LogP contribution in [0.5, 0.6) is 11.5 Å². The summed E-state index contributed by atoms with van der Waals surface area (Å²) in [6, 6.07) is 5.78. The lowest BCUT2D eigenvalue weighted by molar-refractivity contribution is -0.145. The number of aliphatic carboxylic acids is 1. The molecule has 1 aromatic carbocycles. The zero-order valence-electron chi connectivity index (χ0n) is 11.5. The second-order valence-corrected chi connectivity index (χ2v) is 4.72. The van der Waals surface area contributed by atoms with Crippen molar-refractivity contribution in [1.29, 1.82) is 0 Å². The van der Waals surface area contributed by atoms with Gasteiger partial charge in [0.05, 0.1) is 0 Å². The van der Waals surface area contributed by atoms with Gasteiger partial charge in [-0.05, 0) is 19.1 Å². The van der Waals surface area contributed by atoms with Crippen LogP contribution in [0.2, 0.25) is 0 Å². The molecular formula is C14H17NO6. The molecule has 1 aromatic rings. The molecule has 7 heteroatoms. The van der Waals surface area contributed by atoms with Crippen LogP contribution in [0.4, 0.5) is 0 Å². The fourth-order valence-electron chi connectivity index (χ4n) is 2.05. The number of carbonyl (C=O) groups is 2. The third-order valence-electron chi connectivity index (χ3n) is 3.13. The monoisotopic (exact) mass is 295 g/mol. The Morgan fingerprint density at radius 3 is 2.48 bits per heavy atom. The van der Waals surface area contributed by atoms with Gasteiger partial charge in [0.15, 0.2) is 11.5 Å². The first-order valence-electron chi connectivity index (χ1n) is 6.59. The SMILES string of the molecule is CC1Oc2ccccc2OC1C(=O)N[C@H](CCO)C(=O)O. The molecule has 0 aliphatic carbocycles. The average molecular weight is 295 g/mol. The number of fused-ring (bicyclic) bond motifs is 1. The Hall–Kier alpha value is -2.28. The third-order valence-corrected chi connectivity index (χ3v) is 3.13. The van der Waals surface area contributed by atoms with Gasteiger partial charge in [0.2, 0.25) is 6.10 Å². The molecule has 0 fully saturated rings. The lowest BCUT2D eigenvalue weighted by Crippen LogP contribution is -2.53. The van der Waals surface area contributed by atoms with Gasteiger partial charge in [-0.1, -0.05) is 12.1 Å². The fourth-order valence-corrected chi connectivity index (χ4v) is 2.05. The van der Waals surface area contributed by atoms with E-state index in [1.807, 2.05) is 0 Å². The van der Waals surface area contributed by atoms with Crippen LogP contribution in [0.25, 0.3) is 0 Å². The van der Waals surface area contributed by atoms with Gasteiger partial charge < -0.3 is 25.0 Å². The number of rotatable bonds is 5. The van der Waals surface area contributed by atoms with Gasteiger partial charge in [0.1, 0.15) is 12.1 Å². The highest BCUT2D eigenvalue weighted by Crippen LogP contribution is 2.33. The van der Waals surface area contributed by atoms with E-state index in [1.54, 1.807) is 31.2 Å². The predicted octanol–water partition coefficient (Wildman–Crippen LogP) is 0.167. The van der Waals surface area contributed by atoms with Crippen molar-refractivity contribution in [3.8, 4) is 11.5 Å². The van der Waals surface area contributed by atoms with E-state index in [0.717, 1.165) is 0 Å². The number of amides is 1. The molecule has 114 valence electrons. The quantitative estimate of drug-likeness (QED) is 0.715. The highest BCUT2D eigenvalue weighted by atomic mass is 16.6. The second kappa shape index (κ2) is 6.45. The lowest BCUT2D eigenvalue weighted by Gasteiger charge is -2.31. The minimum Gasteiger partial charge on any atom is -0.482 e. The summed E-state index contributed by atoms with van der Waals surface area (Å²) in [6.07, 6.45) is -1.57. The summed E-state index contributed by atoms with van der Waals surface area (Å²) in [6.45, 7) is 1.33. The Morgan fingerprint density at radius 1 is 1.29 bits per heavy atom. The van der Waals surface area contributed by atoms with Crippen LogP contribution in [0.15, 0.2) is 24.3 Å². The normalized spacial score (nSPS) is 21.4. The molecule has 2 rings (SSSR count). The van der Waals surface area contributed by atoms with Crippen molar-refractivity contribution in [3.63, 3.8) is 0 Å². The number of para-hydroxylation sites is 2. The maximum absolute atomic E-state index is 12.1. The van der Waals surface area contributed by atoms with Gasteiger partial charge in [0.25, 0.3) is 5.91 Å². The van der Waals surface area contributed by atoms with Gasteiger partial charge in [-0.25, -0.2) is 4.79 Å². The van der Waals surface area contributed by atoms with E-state index in [9.17, 15) is 9.59 Å². The summed E-state index contributed by atoms with van der Waals surface area (Å²) in [5.74, 6) is -0.816. The van der Waals surface area contributed by atoms with Crippen LogP contribution in [0.3, 0.4) is 0 Å². The molecule has 3 N–H and O–H groups in total. The summed E-state index contributed by atoms with van der Waals surface area (Å²) >= 11 is 0. The topological polar surface area (TPSA) is 105 Å². The van der Waals surface area contributed by atoms with Crippen LogP contribution < -0.4 is 14.8 Å². The number of benzene rings is 1. The molecule has 7 nitrogen and oxygen atoms in total. The van der Waals surface area contributed by atoms with Crippen LogP contribution in [0.1, 0.15) is 13.3 Å². The number of carbonyl (C=O) groups excluding carboxylic acids is 1. The molecule has 1 amide bonds. The summed E-state index contributed by atoms with van der Waals surface area (Å²) < 4.78 is 11.2. The van der Waals surface area contributed by atoms with Gasteiger partial charge in [0, 0.05) is 13.0 Å². The third kappa shape index (κ3) is 3.43. The van der Waals surface area contributed by atoms with Crippen molar-refractivity contribution in [2.24, 2.45) is 0 Å². The summed E-state index contributed by atoms with van der Waals surface area (Å²) in [7, 11) is 0. The zero-order valence-corrected chi connectivity index (χ0v) is 11.5. The van der Waals surface area contributed by atoms with Crippen molar-refractivity contribution in [2.75, 3.05) is 6.61 Å². The molecule has 1 heterocycles. The van der Waals surface area contributed by atoms with Gasteiger partial charge in [-0.15, -0.1) is 0 Å².